The van der Waals surface area contributed by atoms with Crippen molar-refractivity contribution < 1.29 is 9.18 Å². The lowest BCUT2D eigenvalue weighted by molar-refractivity contribution is 0.101. The smallest absolute Gasteiger partial charge is 0.159 e. The highest BCUT2D eigenvalue weighted by Gasteiger charge is 2.38. The van der Waals surface area contributed by atoms with Gasteiger partial charge >= 0.3 is 0 Å². The Labute approximate surface area is 135 Å². The summed E-state index contributed by atoms with van der Waals surface area (Å²) in [7, 11) is 0. The molecule has 3 atom stereocenters. The number of hydrogen-bond acceptors (Lipinski definition) is 2. The van der Waals surface area contributed by atoms with Crippen LogP contribution >= 0.6 is 0 Å². The van der Waals surface area contributed by atoms with E-state index in [9.17, 15) is 9.18 Å². The number of benzene rings is 2. The number of fused-ring (bicyclic) bond motifs is 3. The molecule has 0 amide bonds. The molecular formula is C20H18FNO. The topological polar surface area (TPSA) is 29.1 Å². The van der Waals surface area contributed by atoms with Crippen molar-refractivity contribution in [2.75, 3.05) is 5.32 Å². The van der Waals surface area contributed by atoms with E-state index in [-0.39, 0.29) is 29.5 Å². The highest BCUT2D eigenvalue weighted by atomic mass is 19.1. The molecule has 1 aliphatic heterocycles. The number of rotatable bonds is 2. The molecule has 23 heavy (non-hydrogen) atoms. The van der Waals surface area contributed by atoms with Crippen molar-refractivity contribution in [3.63, 3.8) is 0 Å². The van der Waals surface area contributed by atoms with E-state index < -0.39 is 0 Å². The number of carbonyl (C=O) groups excluding carboxylic acids is 1. The lowest BCUT2D eigenvalue weighted by Gasteiger charge is -2.37. The van der Waals surface area contributed by atoms with Crippen molar-refractivity contribution >= 4 is 11.5 Å². The standard InChI is InChI=1S/C20H18FNO/c1-12(23)13-9-10-19-17(11-13)14-6-4-7-15(14)20(22-19)16-5-2-3-8-18(16)21/h2-6,8-11,14-15,20,22H,7H2,1H3/t14-,15+,20+/m1/s1. The molecule has 1 heterocycles. The summed E-state index contributed by atoms with van der Waals surface area (Å²) in [4.78, 5) is 11.7. The maximum Gasteiger partial charge on any atom is 0.159 e. The van der Waals surface area contributed by atoms with Gasteiger partial charge in [-0.2, -0.15) is 0 Å². The molecule has 0 fully saturated rings. The summed E-state index contributed by atoms with van der Waals surface area (Å²) in [5.41, 5.74) is 3.58. The van der Waals surface area contributed by atoms with Crippen LogP contribution in [0.25, 0.3) is 0 Å². The average Bonchev–Trinajstić information content (AvgIpc) is 3.04. The van der Waals surface area contributed by atoms with E-state index in [1.165, 1.54) is 6.07 Å². The van der Waals surface area contributed by atoms with Gasteiger partial charge in [-0.15, -0.1) is 0 Å². The van der Waals surface area contributed by atoms with Gasteiger partial charge in [-0.05, 0) is 49.1 Å². The Morgan fingerprint density at radius 3 is 2.78 bits per heavy atom. The molecule has 1 N–H and O–H groups in total. The van der Waals surface area contributed by atoms with Crippen LogP contribution in [-0.4, -0.2) is 5.78 Å². The van der Waals surface area contributed by atoms with E-state index in [0.29, 0.717) is 5.56 Å². The summed E-state index contributed by atoms with van der Waals surface area (Å²) in [6.07, 6.45) is 5.28. The fourth-order valence-corrected chi connectivity index (χ4v) is 3.85. The van der Waals surface area contributed by atoms with E-state index in [2.05, 4.69) is 17.5 Å². The predicted molar refractivity (Wildman–Crippen MR) is 89.2 cm³/mol. The Morgan fingerprint density at radius 2 is 2.00 bits per heavy atom. The third kappa shape index (κ3) is 2.27. The third-order valence-electron chi connectivity index (χ3n) is 5.01. The van der Waals surface area contributed by atoms with Crippen molar-refractivity contribution in [2.45, 2.75) is 25.3 Å². The highest BCUT2D eigenvalue weighted by Crippen LogP contribution is 2.50. The minimum atomic E-state index is -0.167. The van der Waals surface area contributed by atoms with Crippen LogP contribution < -0.4 is 5.32 Å². The number of hydrogen-bond donors (Lipinski definition) is 1. The number of Topliss-reactive ketones (excluding diaryl/α,β-unsaturated/α-hetero) is 1. The van der Waals surface area contributed by atoms with Gasteiger partial charge in [-0.25, -0.2) is 4.39 Å². The highest BCUT2D eigenvalue weighted by molar-refractivity contribution is 5.95. The number of halogens is 1. The van der Waals surface area contributed by atoms with Crippen LogP contribution in [0.2, 0.25) is 0 Å². The van der Waals surface area contributed by atoms with Crippen molar-refractivity contribution in [3.8, 4) is 0 Å². The Balaban J connectivity index is 1.81. The van der Waals surface area contributed by atoms with Crippen molar-refractivity contribution in [2.24, 2.45) is 5.92 Å². The molecule has 0 bridgehead atoms. The molecule has 2 aromatic carbocycles. The van der Waals surface area contributed by atoms with Gasteiger partial charge in [-0.1, -0.05) is 30.4 Å². The minimum Gasteiger partial charge on any atom is -0.378 e. The zero-order valence-electron chi connectivity index (χ0n) is 12.9. The van der Waals surface area contributed by atoms with E-state index in [0.717, 1.165) is 23.2 Å². The second kappa shape index (κ2) is 5.34. The van der Waals surface area contributed by atoms with Crippen LogP contribution in [0.1, 0.15) is 46.8 Å². The van der Waals surface area contributed by atoms with Crippen molar-refractivity contribution in [1.82, 2.24) is 0 Å². The molecule has 0 spiro atoms. The van der Waals surface area contributed by atoms with Crippen molar-refractivity contribution in [3.05, 3.63) is 77.1 Å². The maximum atomic E-state index is 14.3. The Kier molecular flexibility index (Phi) is 3.29. The molecule has 116 valence electrons. The lowest BCUT2D eigenvalue weighted by Crippen LogP contribution is -2.29. The summed E-state index contributed by atoms with van der Waals surface area (Å²) < 4.78 is 14.3. The molecule has 0 saturated heterocycles. The van der Waals surface area contributed by atoms with Crippen LogP contribution in [0.15, 0.2) is 54.6 Å². The van der Waals surface area contributed by atoms with Gasteiger partial charge in [0.05, 0.1) is 6.04 Å². The Hall–Kier alpha value is -2.42. The van der Waals surface area contributed by atoms with E-state index in [4.69, 9.17) is 0 Å². The molecule has 1 aliphatic carbocycles. The summed E-state index contributed by atoms with van der Waals surface area (Å²) in [5, 5.41) is 3.50. The first-order chi connectivity index (χ1) is 11.1. The zero-order chi connectivity index (χ0) is 16.0. The van der Waals surface area contributed by atoms with E-state index >= 15 is 0 Å². The normalized spacial score (nSPS) is 24.7. The number of carbonyl (C=O) groups is 1. The van der Waals surface area contributed by atoms with Gasteiger partial charge in [0.15, 0.2) is 5.78 Å². The summed E-state index contributed by atoms with van der Waals surface area (Å²) in [6.45, 7) is 1.59. The van der Waals surface area contributed by atoms with Gasteiger partial charge in [0.1, 0.15) is 5.82 Å². The van der Waals surface area contributed by atoms with Crippen LogP contribution in [0.3, 0.4) is 0 Å². The number of allylic oxidation sites excluding steroid dienone is 2. The number of ketones is 1. The Bertz CT molecular complexity index is 811. The second-order valence-electron chi connectivity index (χ2n) is 6.36. The van der Waals surface area contributed by atoms with Gasteiger partial charge in [0.2, 0.25) is 0 Å². The second-order valence-corrected chi connectivity index (χ2v) is 6.36. The SMILES string of the molecule is CC(=O)c1ccc2c(c1)[C@@H]1C=CC[C@@H]1[C@@H](c1ccccc1F)N2. The monoisotopic (exact) mass is 307 g/mol. The first kappa shape index (κ1) is 14.2. The zero-order valence-corrected chi connectivity index (χ0v) is 12.9. The lowest BCUT2D eigenvalue weighted by atomic mass is 9.76. The first-order valence-corrected chi connectivity index (χ1v) is 7.97. The molecule has 2 aromatic rings. The summed E-state index contributed by atoms with van der Waals surface area (Å²) in [6, 6.07) is 12.7. The number of anilines is 1. The van der Waals surface area contributed by atoms with Gasteiger partial charge in [-0.3, -0.25) is 4.79 Å². The summed E-state index contributed by atoms with van der Waals surface area (Å²) in [5.74, 6) is 0.416. The van der Waals surface area contributed by atoms with E-state index in [1.54, 1.807) is 13.0 Å². The van der Waals surface area contributed by atoms with Crippen molar-refractivity contribution in [1.29, 1.82) is 0 Å². The molecule has 0 unspecified atom stereocenters. The predicted octanol–water partition coefficient (Wildman–Crippen LogP) is 4.85. The van der Waals surface area contributed by atoms with Crippen LogP contribution in [0.5, 0.6) is 0 Å². The molecule has 2 nitrogen and oxygen atoms in total. The van der Waals surface area contributed by atoms with Crippen LogP contribution in [-0.2, 0) is 0 Å². The average molecular weight is 307 g/mol. The third-order valence-corrected chi connectivity index (χ3v) is 5.01. The molecule has 0 radical (unpaired) electrons. The molecule has 2 aliphatic rings. The Morgan fingerprint density at radius 1 is 1.17 bits per heavy atom. The minimum absolute atomic E-state index is 0.0492. The largest absolute Gasteiger partial charge is 0.378 e. The number of nitrogens with one attached hydrogen (secondary N) is 1. The molecule has 0 aromatic heterocycles. The van der Waals surface area contributed by atoms with Gasteiger partial charge in [0.25, 0.3) is 0 Å². The first-order valence-electron chi connectivity index (χ1n) is 7.97. The van der Waals surface area contributed by atoms with E-state index in [1.807, 2.05) is 30.3 Å². The van der Waals surface area contributed by atoms with Gasteiger partial charge in [0, 0.05) is 22.7 Å². The van der Waals surface area contributed by atoms with Gasteiger partial charge < -0.3 is 5.32 Å². The molecule has 0 saturated carbocycles. The quantitative estimate of drug-likeness (QED) is 0.634. The fourth-order valence-electron chi connectivity index (χ4n) is 3.85. The van der Waals surface area contributed by atoms with Crippen LogP contribution in [0, 0.1) is 11.7 Å². The molecule has 3 heteroatoms. The molecular weight excluding hydrogens is 289 g/mol. The van der Waals surface area contributed by atoms with Crippen LogP contribution in [0.4, 0.5) is 10.1 Å². The summed E-state index contributed by atoms with van der Waals surface area (Å²) >= 11 is 0. The maximum absolute atomic E-state index is 14.3. The molecule has 4 rings (SSSR count). The fraction of sp³-hybridized carbons (Fsp3) is 0.250.